The smallest absolute Gasteiger partial charge is 0.0539 e. The van der Waals surface area contributed by atoms with Crippen LogP contribution in [0.25, 0.3) is 0 Å². The minimum absolute atomic E-state index is 0.819. The van der Waals surface area contributed by atoms with Gasteiger partial charge < -0.3 is 5.32 Å². The van der Waals surface area contributed by atoms with Gasteiger partial charge in [0, 0.05) is 31.0 Å². The van der Waals surface area contributed by atoms with Crippen molar-refractivity contribution < 1.29 is 0 Å². The summed E-state index contributed by atoms with van der Waals surface area (Å²) in [6, 6.07) is 8.56. The highest BCUT2D eigenvalue weighted by atomic mass is 15.2. The Kier molecular flexibility index (Phi) is 3.25. The van der Waals surface area contributed by atoms with Gasteiger partial charge in [-0.05, 0) is 24.1 Å². The van der Waals surface area contributed by atoms with E-state index in [0.29, 0.717) is 0 Å². The minimum Gasteiger partial charge on any atom is -0.381 e. The topological polar surface area (TPSA) is 29.9 Å². The molecule has 0 atom stereocenters. The van der Waals surface area contributed by atoms with Crippen molar-refractivity contribution in [2.24, 2.45) is 7.05 Å². The van der Waals surface area contributed by atoms with Crippen molar-refractivity contribution in [3.05, 3.63) is 47.8 Å². The molecule has 1 N–H and O–H groups in total. The molecule has 2 aromatic rings. The van der Waals surface area contributed by atoms with E-state index in [9.17, 15) is 0 Å². The number of nitrogens with one attached hydrogen (secondary N) is 1. The summed E-state index contributed by atoms with van der Waals surface area (Å²) >= 11 is 0. The first-order valence-corrected chi connectivity index (χ1v) is 5.58. The summed E-state index contributed by atoms with van der Waals surface area (Å²) in [7, 11) is 1.93. The van der Waals surface area contributed by atoms with Crippen LogP contribution >= 0.6 is 0 Å². The average Bonchev–Trinajstić information content (AvgIpc) is 2.73. The van der Waals surface area contributed by atoms with Gasteiger partial charge in [-0.15, -0.1) is 0 Å². The minimum atomic E-state index is 0.819. The number of hydrogen-bond acceptors (Lipinski definition) is 2. The Hall–Kier alpha value is -1.77. The third kappa shape index (κ3) is 2.63. The van der Waals surface area contributed by atoms with Gasteiger partial charge in [0.1, 0.15) is 0 Å². The highest BCUT2D eigenvalue weighted by Crippen LogP contribution is 2.11. The van der Waals surface area contributed by atoms with Crippen LogP contribution in [0.5, 0.6) is 0 Å². The third-order valence-electron chi connectivity index (χ3n) is 2.62. The molecule has 0 unspecified atom stereocenters. The van der Waals surface area contributed by atoms with Crippen molar-refractivity contribution >= 4 is 5.69 Å². The molecule has 2 rings (SSSR count). The first-order chi connectivity index (χ1) is 7.78. The molecule has 1 aromatic carbocycles. The molecule has 3 nitrogen and oxygen atoms in total. The van der Waals surface area contributed by atoms with Crippen molar-refractivity contribution in [1.82, 2.24) is 9.78 Å². The van der Waals surface area contributed by atoms with Gasteiger partial charge in [-0.3, -0.25) is 4.68 Å². The fourth-order valence-electron chi connectivity index (χ4n) is 1.63. The zero-order chi connectivity index (χ0) is 11.4. The molecule has 0 spiro atoms. The van der Waals surface area contributed by atoms with Gasteiger partial charge in [0.25, 0.3) is 0 Å². The van der Waals surface area contributed by atoms with E-state index in [4.69, 9.17) is 0 Å². The standard InChI is InChI=1S/C13H17N3/c1-3-11-4-6-13(7-5-11)14-8-12-9-15-16(2)10-12/h4-7,9-10,14H,3,8H2,1-2H3. The molecule has 0 amide bonds. The number of nitrogens with zero attached hydrogens (tertiary/aromatic N) is 2. The lowest BCUT2D eigenvalue weighted by Gasteiger charge is -2.05. The molecule has 84 valence electrons. The Balaban J connectivity index is 1.94. The van der Waals surface area contributed by atoms with Crippen molar-refractivity contribution in [3.63, 3.8) is 0 Å². The fourth-order valence-corrected chi connectivity index (χ4v) is 1.63. The number of anilines is 1. The first kappa shape index (κ1) is 10.7. The van der Waals surface area contributed by atoms with Gasteiger partial charge in [-0.1, -0.05) is 19.1 Å². The summed E-state index contributed by atoms with van der Waals surface area (Å²) in [5.41, 5.74) is 3.72. The number of rotatable bonds is 4. The summed E-state index contributed by atoms with van der Waals surface area (Å²) in [6.45, 7) is 2.98. The second-order valence-electron chi connectivity index (χ2n) is 3.93. The van der Waals surface area contributed by atoms with Gasteiger partial charge >= 0.3 is 0 Å². The maximum Gasteiger partial charge on any atom is 0.0539 e. The Labute approximate surface area is 96.1 Å². The molecule has 0 saturated carbocycles. The van der Waals surface area contributed by atoms with Gasteiger partial charge in [-0.2, -0.15) is 5.10 Å². The van der Waals surface area contributed by atoms with Crippen LogP contribution in [0, 0.1) is 0 Å². The molecule has 0 aliphatic heterocycles. The Morgan fingerprint density at radius 2 is 1.94 bits per heavy atom. The second-order valence-corrected chi connectivity index (χ2v) is 3.93. The van der Waals surface area contributed by atoms with Crippen LogP contribution in [0.1, 0.15) is 18.1 Å². The number of aromatic nitrogens is 2. The largest absolute Gasteiger partial charge is 0.381 e. The predicted molar refractivity (Wildman–Crippen MR) is 66.4 cm³/mol. The zero-order valence-corrected chi connectivity index (χ0v) is 9.77. The fraction of sp³-hybridized carbons (Fsp3) is 0.308. The van der Waals surface area contributed by atoms with Crippen molar-refractivity contribution in [1.29, 1.82) is 0 Å². The molecule has 0 saturated heterocycles. The SMILES string of the molecule is CCc1ccc(NCc2cnn(C)c2)cc1. The average molecular weight is 215 g/mol. The van der Waals surface area contributed by atoms with Crippen molar-refractivity contribution in [3.8, 4) is 0 Å². The first-order valence-electron chi connectivity index (χ1n) is 5.58. The Morgan fingerprint density at radius 1 is 1.19 bits per heavy atom. The maximum atomic E-state index is 4.13. The number of benzene rings is 1. The summed E-state index contributed by atoms with van der Waals surface area (Å²) < 4.78 is 1.82. The molecule has 0 fully saturated rings. The molecular formula is C13H17N3. The maximum absolute atomic E-state index is 4.13. The summed E-state index contributed by atoms with van der Waals surface area (Å²) in [5.74, 6) is 0. The lowest BCUT2D eigenvalue weighted by molar-refractivity contribution is 0.767. The molecule has 3 heteroatoms. The van der Waals surface area contributed by atoms with Gasteiger partial charge in [0.2, 0.25) is 0 Å². The van der Waals surface area contributed by atoms with Crippen LogP contribution in [-0.4, -0.2) is 9.78 Å². The monoisotopic (exact) mass is 215 g/mol. The van der Waals surface area contributed by atoms with E-state index in [1.54, 1.807) is 0 Å². The van der Waals surface area contributed by atoms with Crippen molar-refractivity contribution in [2.45, 2.75) is 19.9 Å². The molecule has 16 heavy (non-hydrogen) atoms. The third-order valence-corrected chi connectivity index (χ3v) is 2.62. The molecule has 1 aromatic heterocycles. The molecule has 0 aliphatic carbocycles. The van der Waals surface area contributed by atoms with Crippen LogP contribution in [-0.2, 0) is 20.0 Å². The lowest BCUT2D eigenvalue weighted by Crippen LogP contribution is -1.98. The molecule has 0 aliphatic rings. The quantitative estimate of drug-likeness (QED) is 0.849. The normalized spacial score (nSPS) is 10.4. The van der Waals surface area contributed by atoms with E-state index in [0.717, 1.165) is 18.7 Å². The Morgan fingerprint density at radius 3 is 2.50 bits per heavy atom. The van der Waals surface area contributed by atoms with Crippen LogP contribution in [0.15, 0.2) is 36.7 Å². The number of hydrogen-bond donors (Lipinski definition) is 1. The van der Waals surface area contributed by atoms with E-state index in [1.807, 2.05) is 24.1 Å². The van der Waals surface area contributed by atoms with E-state index in [1.165, 1.54) is 11.1 Å². The van der Waals surface area contributed by atoms with E-state index in [-0.39, 0.29) is 0 Å². The van der Waals surface area contributed by atoms with E-state index >= 15 is 0 Å². The summed E-state index contributed by atoms with van der Waals surface area (Å²) in [4.78, 5) is 0. The Bertz CT molecular complexity index is 442. The van der Waals surface area contributed by atoms with Gasteiger partial charge in [-0.25, -0.2) is 0 Å². The zero-order valence-electron chi connectivity index (χ0n) is 9.77. The molecular weight excluding hydrogens is 198 g/mol. The molecule has 1 heterocycles. The van der Waals surface area contributed by atoms with Gasteiger partial charge in [0.05, 0.1) is 6.20 Å². The summed E-state index contributed by atoms with van der Waals surface area (Å²) in [6.07, 6.45) is 4.99. The second kappa shape index (κ2) is 4.84. The predicted octanol–water partition coefficient (Wildman–Crippen LogP) is 2.59. The van der Waals surface area contributed by atoms with Crippen LogP contribution < -0.4 is 5.32 Å². The van der Waals surface area contributed by atoms with Crippen LogP contribution in [0.2, 0.25) is 0 Å². The van der Waals surface area contributed by atoms with Gasteiger partial charge in [0.15, 0.2) is 0 Å². The highest BCUT2D eigenvalue weighted by Gasteiger charge is 1.96. The van der Waals surface area contributed by atoms with Crippen molar-refractivity contribution in [2.75, 3.05) is 5.32 Å². The molecule has 0 radical (unpaired) electrons. The molecule has 0 bridgehead atoms. The number of aryl methyl sites for hydroxylation is 2. The van der Waals surface area contributed by atoms with Crippen LogP contribution in [0.4, 0.5) is 5.69 Å². The highest BCUT2D eigenvalue weighted by molar-refractivity contribution is 5.44. The van der Waals surface area contributed by atoms with E-state index < -0.39 is 0 Å². The summed E-state index contributed by atoms with van der Waals surface area (Å²) in [5, 5.41) is 7.51. The van der Waals surface area contributed by atoms with E-state index in [2.05, 4.69) is 41.6 Å². The van der Waals surface area contributed by atoms with Crippen LogP contribution in [0.3, 0.4) is 0 Å². The lowest BCUT2D eigenvalue weighted by atomic mass is 10.1.